The second-order valence-corrected chi connectivity index (χ2v) is 5.20. The van der Waals surface area contributed by atoms with E-state index in [1.54, 1.807) is 6.33 Å². The number of aromatic nitrogens is 2. The minimum absolute atomic E-state index is 0.114. The highest BCUT2D eigenvalue weighted by Gasteiger charge is 2.23. The van der Waals surface area contributed by atoms with E-state index in [0.29, 0.717) is 6.04 Å². The minimum Gasteiger partial charge on any atom is -0.393 e. The second-order valence-electron chi connectivity index (χ2n) is 5.20. The molecular formula is C13H22N4O. The molecule has 1 aromatic rings. The maximum Gasteiger partial charge on any atom is 0.134 e. The van der Waals surface area contributed by atoms with Crippen molar-refractivity contribution in [3.05, 3.63) is 12.4 Å². The standard InChI is InChI=1S/C13H22N4O/c1-16(2)12-8-13(15-9-14-12)17(3)10-4-6-11(18)7-5-10/h8-11,18H,4-7H2,1-3H3. The van der Waals surface area contributed by atoms with E-state index >= 15 is 0 Å². The number of hydrogen-bond donors (Lipinski definition) is 1. The van der Waals surface area contributed by atoms with Crippen molar-refractivity contribution < 1.29 is 5.11 Å². The van der Waals surface area contributed by atoms with Gasteiger partial charge in [-0.15, -0.1) is 0 Å². The zero-order valence-electron chi connectivity index (χ0n) is 11.4. The van der Waals surface area contributed by atoms with E-state index in [1.165, 1.54) is 0 Å². The van der Waals surface area contributed by atoms with Crippen LogP contribution in [-0.4, -0.2) is 48.4 Å². The van der Waals surface area contributed by atoms with Crippen LogP contribution in [0.5, 0.6) is 0 Å². The van der Waals surface area contributed by atoms with E-state index in [4.69, 9.17) is 0 Å². The Hall–Kier alpha value is -1.36. The van der Waals surface area contributed by atoms with E-state index in [2.05, 4.69) is 21.9 Å². The molecule has 0 amide bonds. The van der Waals surface area contributed by atoms with Crippen LogP contribution in [0.25, 0.3) is 0 Å². The Labute approximate surface area is 108 Å². The van der Waals surface area contributed by atoms with Crippen LogP contribution in [-0.2, 0) is 0 Å². The average Bonchev–Trinajstić information content (AvgIpc) is 2.39. The van der Waals surface area contributed by atoms with Gasteiger partial charge in [-0.25, -0.2) is 9.97 Å². The van der Waals surface area contributed by atoms with Crippen LogP contribution in [0.3, 0.4) is 0 Å². The van der Waals surface area contributed by atoms with Crippen LogP contribution >= 0.6 is 0 Å². The van der Waals surface area contributed by atoms with Crippen molar-refractivity contribution in [1.82, 2.24) is 9.97 Å². The monoisotopic (exact) mass is 250 g/mol. The molecule has 1 fully saturated rings. The van der Waals surface area contributed by atoms with Gasteiger partial charge in [-0.1, -0.05) is 0 Å². The highest BCUT2D eigenvalue weighted by Crippen LogP contribution is 2.26. The molecule has 1 aliphatic rings. The maximum absolute atomic E-state index is 9.55. The molecule has 0 spiro atoms. The lowest BCUT2D eigenvalue weighted by molar-refractivity contribution is 0.122. The molecule has 1 heterocycles. The molecule has 1 aliphatic carbocycles. The first-order valence-corrected chi connectivity index (χ1v) is 6.48. The molecule has 0 saturated heterocycles. The molecule has 0 bridgehead atoms. The Kier molecular flexibility index (Phi) is 4.01. The van der Waals surface area contributed by atoms with Crippen molar-refractivity contribution >= 4 is 11.6 Å². The first-order valence-electron chi connectivity index (χ1n) is 6.48. The zero-order valence-corrected chi connectivity index (χ0v) is 11.4. The van der Waals surface area contributed by atoms with E-state index in [9.17, 15) is 5.11 Å². The van der Waals surface area contributed by atoms with Gasteiger partial charge in [-0.05, 0) is 25.7 Å². The topological polar surface area (TPSA) is 52.5 Å². The summed E-state index contributed by atoms with van der Waals surface area (Å²) in [6, 6.07) is 2.48. The van der Waals surface area contributed by atoms with E-state index < -0.39 is 0 Å². The van der Waals surface area contributed by atoms with Crippen LogP contribution in [0.4, 0.5) is 11.6 Å². The molecule has 1 N–H and O–H groups in total. The molecule has 0 aromatic carbocycles. The summed E-state index contributed by atoms with van der Waals surface area (Å²) in [5.74, 6) is 1.87. The summed E-state index contributed by atoms with van der Waals surface area (Å²) in [5, 5.41) is 9.55. The summed E-state index contributed by atoms with van der Waals surface area (Å²) in [5.41, 5.74) is 0. The Morgan fingerprint density at radius 1 is 1.06 bits per heavy atom. The molecule has 5 heteroatoms. The summed E-state index contributed by atoms with van der Waals surface area (Å²) in [7, 11) is 6.02. The molecule has 1 saturated carbocycles. The van der Waals surface area contributed by atoms with E-state index in [1.807, 2.05) is 25.1 Å². The van der Waals surface area contributed by atoms with Crippen LogP contribution in [0.15, 0.2) is 12.4 Å². The largest absolute Gasteiger partial charge is 0.393 e. The number of nitrogens with zero attached hydrogens (tertiary/aromatic N) is 4. The Balaban J connectivity index is 2.08. The van der Waals surface area contributed by atoms with E-state index in [0.717, 1.165) is 37.3 Å². The first-order chi connectivity index (χ1) is 8.58. The van der Waals surface area contributed by atoms with Gasteiger partial charge >= 0.3 is 0 Å². The molecule has 0 atom stereocenters. The van der Waals surface area contributed by atoms with Gasteiger partial charge in [0.05, 0.1) is 6.10 Å². The van der Waals surface area contributed by atoms with Gasteiger partial charge in [-0.2, -0.15) is 0 Å². The molecule has 100 valence electrons. The fraction of sp³-hybridized carbons (Fsp3) is 0.692. The second kappa shape index (κ2) is 5.52. The van der Waals surface area contributed by atoms with Crippen LogP contribution < -0.4 is 9.80 Å². The van der Waals surface area contributed by atoms with Crippen LogP contribution in [0, 0.1) is 0 Å². The molecule has 2 rings (SSSR count). The third-order valence-corrected chi connectivity index (χ3v) is 3.67. The Bertz CT molecular complexity index is 388. The summed E-state index contributed by atoms with van der Waals surface area (Å²) < 4.78 is 0. The fourth-order valence-electron chi connectivity index (χ4n) is 2.41. The molecule has 0 unspecified atom stereocenters. The zero-order chi connectivity index (χ0) is 13.1. The van der Waals surface area contributed by atoms with Gasteiger partial charge in [0.1, 0.15) is 18.0 Å². The van der Waals surface area contributed by atoms with Crippen LogP contribution in [0.2, 0.25) is 0 Å². The highest BCUT2D eigenvalue weighted by molar-refractivity contribution is 5.49. The normalized spacial score (nSPS) is 23.8. The number of aliphatic hydroxyl groups excluding tert-OH is 1. The van der Waals surface area contributed by atoms with Crippen molar-refractivity contribution in [3.63, 3.8) is 0 Å². The summed E-state index contributed by atoms with van der Waals surface area (Å²) in [6.45, 7) is 0. The lowest BCUT2D eigenvalue weighted by atomic mass is 9.92. The predicted molar refractivity (Wildman–Crippen MR) is 73.0 cm³/mol. The number of anilines is 2. The number of rotatable bonds is 3. The lowest BCUT2D eigenvalue weighted by Gasteiger charge is -2.34. The number of hydrogen-bond acceptors (Lipinski definition) is 5. The Morgan fingerprint density at radius 2 is 1.67 bits per heavy atom. The molecule has 5 nitrogen and oxygen atoms in total. The lowest BCUT2D eigenvalue weighted by Crippen LogP contribution is -2.37. The molecule has 1 aromatic heterocycles. The summed E-state index contributed by atoms with van der Waals surface area (Å²) >= 11 is 0. The smallest absolute Gasteiger partial charge is 0.134 e. The highest BCUT2D eigenvalue weighted by atomic mass is 16.3. The SMILES string of the molecule is CN(C)c1cc(N(C)C2CCC(O)CC2)ncn1. The predicted octanol–water partition coefficient (Wildman–Crippen LogP) is 1.28. The minimum atomic E-state index is -0.114. The van der Waals surface area contributed by atoms with Crippen molar-refractivity contribution in [3.8, 4) is 0 Å². The maximum atomic E-state index is 9.55. The molecule has 18 heavy (non-hydrogen) atoms. The molecule has 0 aliphatic heterocycles. The fourth-order valence-corrected chi connectivity index (χ4v) is 2.41. The van der Waals surface area contributed by atoms with Crippen molar-refractivity contribution in [2.45, 2.75) is 37.8 Å². The van der Waals surface area contributed by atoms with Gasteiger partial charge in [0.15, 0.2) is 0 Å². The average molecular weight is 250 g/mol. The van der Waals surface area contributed by atoms with Gasteiger partial charge in [0, 0.05) is 33.3 Å². The van der Waals surface area contributed by atoms with Gasteiger partial charge in [-0.3, -0.25) is 0 Å². The van der Waals surface area contributed by atoms with Crippen LogP contribution in [0.1, 0.15) is 25.7 Å². The van der Waals surface area contributed by atoms with Gasteiger partial charge in [0.2, 0.25) is 0 Å². The van der Waals surface area contributed by atoms with Crippen molar-refractivity contribution in [2.24, 2.45) is 0 Å². The molecular weight excluding hydrogens is 228 g/mol. The van der Waals surface area contributed by atoms with Crippen molar-refractivity contribution in [2.75, 3.05) is 30.9 Å². The third kappa shape index (κ3) is 2.90. The number of aliphatic hydroxyl groups is 1. The van der Waals surface area contributed by atoms with Gasteiger partial charge in [0.25, 0.3) is 0 Å². The summed E-state index contributed by atoms with van der Waals surface area (Å²) in [6.07, 6.45) is 5.33. The van der Waals surface area contributed by atoms with E-state index in [-0.39, 0.29) is 6.10 Å². The van der Waals surface area contributed by atoms with Gasteiger partial charge < -0.3 is 14.9 Å². The first kappa shape index (κ1) is 13.1. The van der Waals surface area contributed by atoms with Crippen molar-refractivity contribution in [1.29, 1.82) is 0 Å². The third-order valence-electron chi connectivity index (χ3n) is 3.67. The summed E-state index contributed by atoms with van der Waals surface area (Å²) in [4.78, 5) is 12.8. The Morgan fingerprint density at radius 3 is 2.28 bits per heavy atom. The quantitative estimate of drug-likeness (QED) is 0.876. The molecule has 0 radical (unpaired) electrons.